The zero-order valence-electron chi connectivity index (χ0n) is 18.9. The highest BCUT2D eigenvalue weighted by atomic mass is 16.5. The van der Waals surface area contributed by atoms with E-state index in [9.17, 15) is 10.1 Å². The van der Waals surface area contributed by atoms with Crippen LogP contribution in [0.25, 0.3) is 11.0 Å². The Morgan fingerprint density at radius 2 is 1.79 bits per heavy atom. The lowest BCUT2D eigenvalue weighted by molar-refractivity contribution is -0.121. The summed E-state index contributed by atoms with van der Waals surface area (Å²) in [5.41, 5.74) is 2.84. The van der Waals surface area contributed by atoms with Crippen LogP contribution >= 0.6 is 0 Å². The topological polar surface area (TPSA) is 100 Å². The number of nitrogens with zero attached hydrogens (tertiary/aromatic N) is 4. The predicted octanol–water partition coefficient (Wildman–Crippen LogP) is 3.21. The number of benzene rings is 2. The second-order valence-electron chi connectivity index (χ2n) is 7.91. The SMILES string of the molecule is COc1ccc(CCNC(=O)[C@@H](C#N)c2nc3ccccc3nc2N2CCCC2)cc1OC. The molecule has 1 N–H and O–H groups in total. The van der Waals surface area contributed by atoms with Crippen LogP contribution in [0.4, 0.5) is 5.82 Å². The van der Waals surface area contributed by atoms with Crippen LogP contribution in [0, 0.1) is 11.3 Å². The molecule has 170 valence electrons. The Balaban J connectivity index is 1.52. The fourth-order valence-electron chi connectivity index (χ4n) is 4.07. The van der Waals surface area contributed by atoms with Crippen LogP contribution in [0.5, 0.6) is 11.5 Å². The van der Waals surface area contributed by atoms with Gasteiger partial charge in [0.1, 0.15) is 5.69 Å². The predicted molar refractivity (Wildman–Crippen MR) is 126 cm³/mol. The van der Waals surface area contributed by atoms with E-state index in [0.29, 0.717) is 41.5 Å². The van der Waals surface area contributed by atoms with E-state index in [4.69, 9.17) is 19.4 Å². The third-order valence-electron chi connectivity index (χ3n) is 5.81. The van der Waals surface area contributed by atoms with Gasteiger partial charge in [-0.25, -0.2) is 9.97 Å². The number of methoxy groups -OCH3 is 2. The zero-order chi connectivity index (χ0) is 23.2. The molecule has 2 heterocycles. The van der Waals surface area contributed by atoms with Crippen molar-refractivity contribution in [3.8, 4) is 17.6 Å². The maximum atomic E-state index is 13.0. The fourth-order valence-corrected chi connectivity index (χ4v) is 4.07. The van der Waals surface area contributed by atoms with E-state index < -0.39 is 5.92 Å². The van der Waals surface area contributed by atoms with E-state index in [0.717, 1.165) is 37.0 Å². The number of fused-ring (bicyclic) bond motifs is 1. The number of anilines is 1. The van der Waals surface area contributed by atoms with Gasteiger partial charge in [0.25, 0.3) is 0 Å². The number of nitrogens with one attached hydrogen (secondary N) is 1. The molecule has 0 aliphatic carbocycles. The van der Waals surface area contributed by atoms with E-state index in [1.165, 1.54) is 0 Å². The Kier molecular flexibility index (Phi) is 6.89. The third kappa shape index (κ3) is 4.82. The number of carbonyl (C=O) groups excluding carboxylic acids is 1. The van der Waals surface area contributed by atoms with Crippen LogP contribution in [-0.2, 0) is 11.2 Å². The van der Waals surface area contributed by atoms with Gasteiger partial charge in [0.05, 0.1) is 31.3 Å². The first-order chi connectivity index (χ1) is 16.1. The van der Waals surface area contributed by atoms with Crippen molar-refractivity contribution in [1.29, 1.82) is 5.26 Å². The second-order valence-corrected chi connectivity index (χ2v) is 7.91. The average molecular weight is 446 g/mol. The highest BCUT2D eigenvalue weighted by Crippen LogP contribution is 2.30. The Morgan fingerprint density at radius 1 is 1.09 bits per heavy atom. The third-order valence-corrected chi connectivity index (χ3v) is 5.81. The molecule has 33 heavy (non-hydrogen) atoms. The van der Waals surface area contributed by atoms with Crippen molar-refractivity contribution < 1.29 is 14.3 Å². The lowest BCUT2D eigenvalue weighted by atomic mass is 10.0. The van der Waals surface area contributed by atoms with Crippen molar-refractivity contribution in [2.45, 2.75) is 25.2 Å². The highest BCUT2D eigenvalue weighted by Gasteiger charge is 2.29. The van der Waals surface area contributed by atoms with Crippen molar-refractivity contribution in [3.05, 3.63) is 53.7 Å². The molecular formula is C25H27N5O3. The molecule has 2 aromatic carbocycles. The van der Waals surface area contributed by atoms with Gasteiger partial charge in [-0.1, -0.05) is 18.2 Å². The number of para-hydroxylation sites is 2. The Bertz CT molecular complexity index is 1180. The molecule has 4 rings (SSSR count). The quantitative estimate of drug-likeness (QED) is 0.568. The molecule has 1 aliphatic rings. The lowest BCUT2D eigenvalue weighted by Gasteiger charge is -2.21. The van der Waals surface area contributed by atoms with Gasteiger partial charge in [-0.15, -0.1) is 0 Å². The summed E-state index contributed by atoms with van der Waals surface area (Å²) in [5.74, 6) is 0.510. The van der Waals surface area contributed by atoms with Crippen LogP contribution in [0.2, 0.25) is 0 Å². The lowest BCUT2D eigenvalue weighted by Crippen LogP contribution is -2.32. The molecule has 0 spiro atoms. The smallest absolute Gasteiger partial charge is 0.243 e. The first-order valence-corrected chi connectivity index (χ1v) is 11.0. The van der Waals surface area contributed by atoms with Crippen molar-refractivity contribution in [1.82, 2.24) is 15.3 Å². The summed E-state index contributed by atoms with van der Waals surface area (Å²) < 4.78 is 10.6. The van der Waals surface area contributed by atoms with E-state index in [1.54, 1.807) is 14.2 Å². The molecule has 1 atom stereocenters. The van der Waals surface area contributed by atoms with Crippen LogP contribution in [0.1, 0.15) is 30.0 Å². The van der Waals surface area contributed by atoms with Crippen molar-refractivity contribution in [2.75, 3.05) is 38.8 Å². The second kappa shape index (κ2) is 10.2. The summed E-state index contributed by atoms with van der Waals surface area (Å²) in [5, 5.41) is 12.8. The molecule has 1 aliphatic heterocycles. The van der Waals surface area contributed by atoms with Gasteiger partial charge in [0.2, 0.25) is 5.91 Å². The maximum absolute atomic E-state index is 13.0. The van der Waals surface area contributed by atoms with E-state index >= 15 is 0 Å². The normalized spacial score (nSPS) is 14.0. The molecule has 1 saturated heterocycles. The van der Waals surface area contributed by atoms with Crippen LogP contribution in [0.15, 0.2) is 42.5 Å². The number of aromatic nitrogens is 2. The number of ether oxygens (including phenoxy) is 2. The first kappa shape index (κ1) is 22.3. The van der Waals surface area contributed by atoms with E-state index in [1.807, 2.05) is 42.5 Å². The molecule has 0 bridgehead atoms. The number of hydrogen-bond donors (Lipinski definition) is 1. The molecule has 0 unspecified atom stereocenters. The molecule has 3 aromatic rings. The molecule has 1 amide bonds. The molecule has 1 fully saturated rings. The van der Waals surface area contributed by atoms with E-state index in [2.05, 4.69) is 16.3 Å². The number of nitriles is 1. The van der Waals surface area contributed by atoms with Gasteiger partial charge in [-0.2, -0.15) is 5.26 Å². The average Bonchev–Trinajstić information content (AvgIpc) is 3.39. The minimum absolute atomic E-state index is 0.372. The standard InChI is InChI=1S/C25H27N5O3/c1-32-21-10-9-17(15-22(21)33-2)11-12-27-25(31)18(16-26)23-24(30-13-5-6-14-30)29-20-8-4-3-7-19(20)28-23/h3-4,7-10,15,18H,5-6,11-14H2,1-2H3,(H,27,31)/t18-/m0/s1. The van der Waals surface area contributed by atoms with Gasteiger partial charge < -0.3 is 19.7 Å². The minimum atomic E-state index is -1.04. The zero-order valence-corrected chi connectivity index (χ0v) is 18.9. The Morgan fingerprint density at radius 3 is 2.45 bits per heavy atom. The minimum Gasteiger partial charge on any atom is -0.493 e. The maximum Gasteiger partial charge on any atom is 0.243 e. The molecule has 8 heteroatoms. The van der Waals surface area contributed by atoms with Crippen LogP contribution in [-0.4, -0.2) is 49.7 Å². The number of rotatable bonds is 8. The molecule has 0 radical (unpaired) electrons. The Labute approximate surface area is 193 Å². The van der Waals surface area contributed by atoms with Crippen LogP contribution in [0.3, 0.4) is 0 Å². The van der Waals surface area contributed by atoms with Gasteiger partial charge in [0, 0.05) is 19.6 Å². The van der Waals surface area contributed by atoms with Gasteiger partial charge >= 0.3 is 0 Å². The monoisotopic (exact) mass is 445 g/mol. The fraction of sp³-hybridized carbons (Fsp3) is 0.360. The number of amides is 1. The van der Waals surface area contributed by atoms with Crippen molar-refractivity contribution in [2.24, 2.45) is 0 Å². The summed E-state index contributed by atoms with van der Waals surface area (Å²) in [6.07, 6.45) is 2.71. The van der Waals surface area contributed by atoms with Crippen molar-refractivity contribution in [3.63, 3.8) is 0 Å². The molecule has 0 saturated carbocycles. The summed E-state index contributed by atoms with van der Waals surface area (Å²) in [6.45, 7) is 2.07. The summed E-state index contributed by atoms with van der Waals surface area (Å²) in [7, 11) is 3.18. The first-order valence-electron chi connectivity index (χ1n) is 11.0. The van der Waals surface area contributed by atoms with Crippen LogP contribution < -0.4 is 19.7 Å². The largest absolute Gasteiger partial charge is 0.493 e. The summed E-state index contributed by atoms with van der Waals surface area (Å²) in [4.78, 5) is 24.6. The number of carbonyl (C=O) groups is 1. The molecule has 8 nitrogen and oxygen atoms in total. The van der Waals surface area contributed by atoms with Gasteiger partial charge in [-0.3, -0.25) is 4.79 Å². The highest BCUT2D eigenvalue weighted by molar-refractivity contribution is 5.88. The van der Waals surface area contributed by atoms with Gasteiger partial charge in [-0.05, 0) is 49.1 Å². The summed E-state index contributed by atoms with van der Waals surface area (Å²) in [6, 6.07) is 15.3. The van der Waals surface area contributed by atoms with Gasteiger partial charge in [0.15, 0.2) is 23.2 Å². The summed E-state index contributed by atoms with van der Waals surface area (Å²) >= 11 is 0. The van der Waals surface area contributed by atoms with E-state index in [-0.39, 0.29) is 5.91 Å². The Hall–Kier alpha value is -3.86. The molecule has 1 aromatic heterocycles. The number of hydrogen-bond acceptors (Lipinski definition) is 7. The molecular weight excluding hydrogens is 418 g/mol. The van der Waals surface area contributed by atoms with Crippen molar-refractivity contribution >= 4 is 22.8 Å².